The van der Waals surface area contributed by atoms with E-state index in [1.165, 1.54) is 24.4 Å². The number of hydrogen-bond acceptors (Lipinski definition) is 2. The lowest BCUT2D eigenvalue weighted by Gasteiger charge is -2.10. The fourth-order valence-corrected chi connectivity index (χ4v) is 1.70. The zero-order valence-corrected chi connectivity index (χ0v) is 10.7. The second kappa shape index (κ2) is 4.43. The third-order valence-corrected chi connectivity index (χ3v) is 2.90. The number of benzene rings is 1. The van der Waals surface area contributed by atoms with Gasteiger partial charge in [0.05, 0.1) is 18.0 Å². The molecule has 0 saturated heterocycles. The zero-order chi connectivity index (χ0) is 13.3. The van der Waals surface area contributed by atoms with Crippen molar-refractivity contribution < 1.29 is 4.39 Å². The van der Waals surface area contributed by atoms with Crippen molar-refractivity contribution in [2.24, 2.45) is 0 Å². The normalized spacial score (nSPS) is 11.3. The lowest BCUT2D eigenvalue weighted by atomic mass is 9.95. The molecule has 0 fully saturated rings. The molecule has 0 amide bonds. The van der Waals surface area contributed by atoms with Crippen LogP contribution in [0, 0.1) is 17.1 Å². The maximum atomic E-state index is 13.7. The first-order valence-electron chi connectivity index (χ1n) is 5.36. The molecule has 18 heavy (non-hydrogen) atoms. The Labute approximate surface area is 109 Å². The fraction of sp³-hybridized carbons (Fsp3) is 0.231. The van der Waals surface area contributed by atoms with Crippen LogP contribution in [0.4, 0.5) is 4.39 Å². The Morgan fingerprint density at radius 3 is 2.83 bits per heavy atom. The van der Waals surface area contributed by atoms with Crippen molar-refractivity contribution in [2.45, 2.75) is 19.3 Å². The van der Waals surface area contributed by atoms with Crippen molar-refractivity contribution in [3.05, 3.63) is 41.1 Å². The van der Waals surface area contributed by atoms with Crippen molar-refractivity contribution >= 4 is 11.6 Å². The summed E-state index contributed by atoms with van der Waals surface area (Å²) in [6.07, 6.45) is 1.50. The summed E-state index contributed by atoms with van der Waals surface area (Å²) in [7, 11) is 0. The van der Waals surface area contributed by atoms with Crippen molar-refractivity contribution in [3.8, 4) is 17.3 Å². The second-order valence-corrected chi connectivity index (χ2v) is 4.94. The molecule has 1 aromatic carbocycles. The molecule has 2 rings (SSSR count). The van der Waals surface area contributed by atoms with E-state index < -0.39 is 5.41 Å². The number of aromatic nitrogens is 2. The van der Waals surface area contributed by atoms with Crippen LogP contribution in [0.15, 0.2) is 24.4 Å². The van der Waals surface area contributed by atoms with Crippen LogP contribution >= 0.6 is 11.6 Å². The topological polar surface area (TPSA) is 52.5 Å². The van der Waals surface area contributed by atoms with Gasteiger partial charge >= 0.3 is 0 Å². The smallest absolute Gasteiger partial charge is 0.132 e. The molecular formula is C13H11ClFN3. The van der Waals surface area contributed by atoms with Crippen molar-refractivity contribution in [1.29, 1.82) is 5.26 Å². The number of rotatable bonds is 2. The summed E-state index contributed by atoms with van der Waals surface area (Å²) in [5.41, 5.74) is 0.108. The highest BCUT2D eigenvalue weighted by atomic mass is 35.5. The minimum Gasteiger partial charge on any atom is -0.341 e. The summed E-state index contributed by atoms with van der Waals surface area (Å²) >= 11 is 5.84. The third kappa shape index (κ3) is 2.22. The molecule has 0 bridgehead atoms. The summed E-state index contributed by atoms with van der Waals surface area (Å²) < 4.78 is 13.7. The number of nitrogens with one attached hydrogen (secondary N) is 1. The van der Waals surface area contributed by atoms with E-state index in [9.17, 15) is 4.39 Å². The van der Waals surface area contributed by atoms with E-state index in [-0.39, 0.29) is 5.82 Å². The van der Waals surface area contributed by atoms with Crippen molar-refractivity contribution in [1.82, 2.24) is 9.97 Å². The average molecular weight is 264 g/mol. The van der Waals surface area contributed by atoms with Gasteiger partial charge < -0.3 is 4.98 Å². The molecule has 92 valence electrons. The first-order chi connectivity index (χ1) is 8.44. The van der Waals surface area contributed by atoms with Gasteiger partial charge in [-0.2, -0.15) is 5.26 Å². The summed E-state index contributed by atoms with van der Waals surface area (Å²) in [4.78, 5) is 7.07. The van der Waals surface area contributed by atoms with Crippen LogP contribution in [0.25, 0.3) is 11.3 Å². The van der Waals surface area contributed by atoms with E-state index in [1.54, 1.807) is 13.8 Å². The largest absolute Gasteiger partial charge is 0.341 e. The monoisotopic (exact) mass is 263 g/mol. The molecule has 0 unspecified atom stereocenters. The summed E-state index contributed by atoms with van der Waals surface area (Å²) in [6.45, 7) is 3.48. The SMILES string of the molecule is CC(C)(C#N)c1ncc(-c2cc(Cl)ccc2F)[nH]1. The molecule has 1 N–H and O–H groups in total. The van der Waals surface area contributed by atoms with Gasteiger partial charge in [-0.15, -0.1) is 0 Å². The predicted molar refractivity (Wildman–Crippen MR) is 67.6 cm³/mol. The molecule has 0 saturated carbocycles. The summed E-state index contributed by atoms with van der Waals surface area (Å²) in [5, 5.41) is 9.47. The first-order valence-corrected chi connectivity index (χ1v) is 5.74. The summed E-state index contributed by atoms with van der Waals surface area (Å²) in [6, 6.07) is 6.44. The van der Waals surface area contributed by atoms with Crippen LogP contribution in [0.5, 0.6) is 0 Å². The third-order valence-electron chi connectivity index (χ3n) is 2.67. The molecule has 0 aliphatic carbocycles. The Morgan fingerprint density at radius 2 is 2.17 bits per heavy atom. The summed E-state index contributed by atoms with van der Waals surface area (Å²) in [5.74, 6) is 0.115. The molecule has 0 aliphatic rings. The Morgan fingerprint density at radius 1 is 1.44 bits per heavy atom. The maximum Gasteiger partial charge on any atom is 0.132 e. The zero-order valence-electron chi connectivity index (χ0n) is 9.96. The Balaban J connectivity index is 2.48. The predicted octanol–water partition coefficient (Wildman–Crippen LogP) is 3.67. The van der Waals surface area contributed by atoms with Gasteiger partial charge in [-0.25, -0.2) is 9.37 Å². The van der Waals surface area contributed by atoms with Gasteiger partial charge in [0.1, 0.15) is 17.1 Å². The lowest BCUT2D eigenvalue weighted by Crippen LogP contribution is -2.15. The van der Waals surface area contributed by atoms with E-state index in [0.717, 1.165) is 0 Å². The molecule has 2 aromatic rings. The lowest BCUT2D eigenvalue weighted by molar-refractivity contribution is 0.628. The highest BCUT2D eigenvalue weighted by Gasteiger charge is 2.24. The Bertz CT molecular complexity index is 625. The minimum atomic E-state index is -0.743. The molecule has 0 spiro atoms. The van der Waals surface area contributed by atoms with Gasteiger partial charge in [-0.1, -0.05) is 11.6 Å². The maximum absolute atomic E-state index is 13.7. The van der Waals surface area contributed by atoms with Crippen LogP contribution < -0.4 is 0 Å². The van der Waals surface area contributed by atoms with E-state index in [0.29, 0.717) is 22.1 Å². The van der Waals surface area contributed by atoms with Gasteiger partial charge in [-0.05, 0) is 32.0 Å². The Kier molecular flexibility index (Phi) is 3.10. The number of nitrogens with zero attached hydrogens (tertiary/aromatic N) is 2. The van der Waals surface area contributed by atoms with Crippen LogP contribution in [0.1, 0.15) is 19.7 Å². The fourth-order valence-electron chi connectivity index (χ4n) is 1.53. The molecule has 5 heteroatoms. The number of aromatic amines is 1. The minimum absolute atomic E-state index is 0.343. The molecule has 0 atom stereocenters. The van der Waals surface area contributed by atoms with Crippen molar-refractivity contribution in [2.75, 3.05) is 0 Å². The van der Waals surface area contributed by atoms with Crippen LogP contribution in [-0.4, -0.2) is 9.97 Å². The quantitative estimate of drug-likeness (QED) is 0.899. The average Bonchev–Trinajstić information content (AvgIpc) is 2.82. The standard InChI is InChI=1S/C13H11ClFN3/c1-13(2,7-16)12-17-6-11(18-12)9-5-8(14)3-4-10(9)15/h3-6H,1-2H3,(H,17,18). The van der Waals surface area contributed by atoms with Crippen LogP contribution in [0.3, 0.4) is 0 Å². The van der Waals surface area contributed by atoms with Crippen LogP contribution in [-0.2, 0) is 5.41 Å². The number of imidazole rings is 1. The molecule has 0 aliphatic heterocycles. The number of H-pyrrole nitrogens is 1. The van der Waals surface area contributed by atoms with Crippen molar-refractivity contribution in [3.63, 3.8) is 0 Å². The van der Waals surface area contributed by atoms with E-state index >= 15 is 0 Å². The first kappa shape index (κ1) is 12.6. The number of halogens is 2. The molecule has 1 heterocycles. The Hall–Kier alpha value is -1.86. The highest BCUT2D eigenvalue weighted by molar-refractivity contribution is 6.30. The van der Waals surface area contributed by atoms with Gasteiger partial charge in [0.2, 0.25) is 0 Å². The molecule has 0 radical (unpaired) electrons. The molecule has 3 nitrogen and oxygen atoms in total. The van der Waals surface area contributed by atoms with Gasteiger partial charge in [0.25, 0.3) is 0 Å². The van der Waals surface area contributed by atoms with Crippen LogP contribution in [0.2, 0.25) is 5.02 Å². The molecule has 1 aromatic heterocycles. The number of nitriles is 1. The van der Waals surface area contributed by atoms with E-state index in [1.807, 2.05) is 0 Å². The van der Waals surface area contributed by atoms with Gasteiger partial charge in [0.15, 0.2) is 0 Å². The second-order valence-electron chi connectivity index (χ2n) is 4.51. The molecular weight excluding hydrogens is 253 g/mol. The van der Waals surface area contributed by atoms with E-state index in [2.05, 4.69) is 16.0 Å². The van der Waals surface area contributed by atoms with Gasteiger partial charge in [0, 0.05) is 10.6 Å². The van der Waals surface area contributed by atoms with E-state index in [4.69, 9.17) is 16.9 Å². The number of hydrogen-bond donors (Lipinski definition) is 1. The highest BCUT2D eigenvalue weighted by Crippen LogP contribution is 2.27. The van der Waals surface area contributed by atoms with Gasteiger partial charge in [-0.3, -0.25) is 0 Å².